The van der Waals surface area contributed by atoms with Gasteiger partial charge in [-0.25, -0.2) is 28.8 Å². The van der Waals surface area contributed by atoms with Gasteiger partial charge in [-0.15, -0.1) is 0 Å². The predicted molar refractivity (Wildman–Crippen MR) is 244 cm³/mol. The van der Waals surface area contributed by atoms with Crippen molar-refractivity contribution in [3.8, 4) is 0 Å². The van der Waals surface area contributed by atoms with Gasteiger partial charge in [0.1, 0.15) is 13.2 Å². The molecule has 6 aromatic rings. The minimum absolute atomic E-state index is 0.0495. The second kappa shape index (κ2) is 22.2. The van der Waals surface area contributed by atoms with Crippen LogP contribution >= 0.6 is 0 Å². The van der Waals surface area contributed by atoms with Crippen molar-refractivity contribution in [1.82, 2.24) is 0 Å². The van der Waals surface area contributed by atoms with Gasteiger partial charge in [-0.3, -0.25) is 0 Å². The zero-order valence-corrected chi connectivity index (χ0v) is 37.5. The van der Waals surface area contributed by atoms with Crippen LogP contribution < -0.4 is 0 Å². The van der Waals surface area contributed by atoms with Crippen molar-refractivity contribution in [1.29, 1.82) is 0 Å². The molecule has 0 spiro atoms. The van der Waals surface area contributed by atoms with Crippen LogP contribution in [0.4, 0.5) is 0 Å². The number of hydrogen-bond donors (Lipinski definition) is 0. The highest BCUT2D eigenvalue weighted by atomic mass is 16.6. The molecule has 0 aliphatic heterocycles. The first-order valence-electron chi connectivity index (χ1n) is 21.2. The van der Waals surface area contributed by atoms with E-state index in [4.69, 9.17) is 28.4 Å². The van der Waals surface area contributed by atoms with Crippen molar-refractivity contribution in [3.05, 3.63) is 212 Å². The Hall–Kier alpha value is -7.86. The third kappa shape index (κ3) is 13.1. The average molecular weight is 891 g/mol. The molecule has 12 nitrogen and oxygen atoms in total. The molecule has 0 saturated heterocycles. The van der Waals surface area contributed by atoms with Gasteiger partial charge in [-0.05, 0) is 114 Å². The zero-order chi connectivity index (χ0) is 47.3. The summed E-state index contributed by atoms with van der Waals surface area (Å²) in [5, 5.41) is 0. The van der Waals surface area contributed by atoms with Crippen LogP contribution in [0.5, 0.6) is 0 Å². The number of ether oxygens (including phenoxy) is 6. The fraction of sp³-hybridized carbons (Fsp3) is 0.222. The minimum atomic E-state index is -1.93. The van der Waals surface area contributed by atoms with Crippen LogP contribution in [0.2, 0.25) is 0 Å². The smallest absolute Gasteiger partial charge is 0.338 e. The Labute approximate surface area is 383 Å². The summed E-state index contributed by atoms with van der Waals surface area (Å²) in [6.45, 7) is 9.48. The van der Waals surface area contributed by atoms with E-state index >= 15 is 0 Å². The molecule has 6 rings (SSSR count). The molecule has 12 heteroatoms. The second-order valence-electron chi connectivity index (χ2n) is 16.0. The maximum absolute atomic E-state index is 14.3. The Kier molecular flexibility index (Phi) is 16.0. The number of rotatable bonds is 17. The van der Waals surface area contributed by atoms with Gasteiger partial charge in [0.15, 0.2) is 24.4 Å². The topological polar surface area (TPSA) is 158 Å². The Morgan fingerprint density at radius 3 is 0.682 bits per heavy atom. The summed E-state index contributed by atoms with van der Waals surface area (Å²) >= 11 is 0. The Balaban J connectivity index is 1.51. The second-order valence-corrected chi connectivity index (χ2v) is 16.0. The van der Waals surface area contributed by atoms with E-state index in [1.165, 1.54) is 48.5 Å². The van der Waals surface area contributed by atoms with Gasteiger partial charge in [-0.1, -0.05) is 106 Å². The van der Waals surface area contributed by atoms with E-state index in [2.05, 4.69) is 0 Å². The van der Waals surface area contributed by atoms with Gasteiger partial charge >= 0.3 is 35.8 Å². The van der Waals surface area contributed by atoms with E-state index in [0.29, 0.717) is 0 Å². The van der Waals surface area contributed by atoms with Gasteiger partial charge in [0.2, 0.25) is 0 Å². The SMILES string of the molecule is Cc1ccc(C(=O)OCC(OC(=O)c2ccc(C)cc2)C(OC(=O)c2ccc(C)cc2)C(OC(=O)c2ccc(C)cc2)C(COC(=O)c2ccc(C)cc2)OC(=O)c2ccc(C)cc2)cc1. The molecule has 66 heavy (non-hydrogen) atoms. The molecule has 4 atom stereocenters. The summed E-state index contributed by atoms with van der Waals surface area (Å²) in [5.74, 6) is -5.44. The van der Waals surface area contributed by atoms with Gasteiger partial charge in [-0.2, -0.15) is 0 Å². The first-order valence-corrected chi connectivity index (χ1v) is 21.2. The molecule has 0 fully saturated rings. The quantitative estimate of drug-likeness (QED) is 0.0632. The molecule has 0 N–H and O–H groups in total. The van der Waals surface area contributed by atoms with E-state index in [-0.39, 0.29) is 33.4 Å². The lowest BCUT2D eigenvalue weighted by Gasteiger charge is -2.35. The monoisotopic (exact) mass is 890 g/mol. The van der Waals surface area contributed by atoms with Crippen molar-refractivity contribution in [3.63, 3.8) is 0 Å². The third-order valence-corrected chi connectivity index (χ3v) is 10.5. The summed E-state index contributed by atoms with van der Waals surface area (Å²) in [7, 11) is 0. The molecule has 4 unspecified atom stereocenters. The predicted octanol–water partition coefficient (Wildman–Crippen LogP) is 9.45. The normalized spacial score (nSPS) is 12.6. The van der Waals surface area contributed by atoms with E-state index in [9.17, 15) is 28.8 Å². The lowest BCUT2D eigenvalue weighted by molar-refractivity contribution is -0.138. The molecule has 0 radical (unpaired) electrons. The Morgan fingerprint density at radius 1 is 0.288 bits per heavy atom. The van der Waals surface area contributed by atoms with Crippen LogP contribution in [0.15, 0.2) is 146 Å². The van der Waals surface area contributed by atoms with Crippen molar-refractivity contribution in [2.24, 2.45) is 0 Å². The zero-order valence-electron chi connectivity index (χ0n) is 37.5. The molecule has 0 aliphatic rings. The number of aryl methyl sites for hydroxylation is 6. The van der Waals surface area contributed by atoms with Crippen molar-refractivity contribution in [2.45, 2.75) is 66.0 Å². The van der Waals surface area contributed by atoms with Crippen LogP contribution in [0.3, 0.4) is 0 Å². The molecular formula is C54H50O12. The molecule has 0 aliphatic carbocycles. The van der Waals surface area contributed by atoms with Crippen LogP contribution in [-0.4, -0.2) is 73.4 Å². The fourth-order valence-electron chi connectivity index (χ4n) is 6.52. The highest BCUT2D eigenvalue weighted by Crippen LogP contribution is 2.26. The summed E-state index contributed by atoms with van der Waals surface area (Å²) < 4.78 is 36.3. The summed E-state index contributed by atoms with van der Waals surface area (Å²) in [6.07, 6.45) is -7.40. The summed E-state index contributed by atoms with van der Waals surface area (Å²) in [4.78, 5) is 84.1. The van der Waals surface area contributed by atoms with Crippen LogP contribution in [0.25, 0.3) is 0 Å². The highest BCUT2D eigenvalue weighted by Gasteiger charge is 2.46. The van der Waals surface area contributed by atoms with E-state index in [1.54, 1.807) is 97.1 Å². The Bertz CT molecular complexity index is 2450. The molecule has 338 valence electrons. The maximum atomic E-state index is 14.3. The average Bonchev–Trinajstić information content (AvgIpc) is 3.31. The van der Waals surface area contributed by atoms with Gasteiger partial charge in [0.05, 0.1) is 33.4 Å². The standard InChI is InChI=1S/C54H50O12/c1-33-7-19-39(20-8-33)49(55)61-31-45(63-51(57)41-23-11-35(3)12-24-41)47(65-53(59)43-27-15-37(5)16-28-43)48(66-54(60)44-29-17-38(6)18-30-44)46(64-52(58)42-25-13-36(4)14-26-42)32-62-50(56)40-21-9-34(2)10-22-40/h7-30,45-48H,31-32H2,1-6H3. The number of hydrogen-bond acceptors (Lipinski definition) is 12. The first kappa shape index (κ1) is 47.6. The molecule has 0 amide bonds. The maximum Gasteiger partial charge on any atom is 0.338 e. The molecular weight excluding hydrogens is 841 g/mol. The van der Waals surface area contributed by atoms with Gasteiger partial charge in [0.25, 0.3) is 0 Å². The molecule has 0 heterocycles. The van der Waals surface area contributed by atoms with Crippen molar-refractivity contribution < 1.29 is 57.2 Å². The number of benzene rings is 6. The summed E-state index contributed by atoms with van der Waals surface area (Å²) in [6, 6.07) is 38.6. The number of esters is 6. The van der Waals surface area contributed by atoms with Crippen LogP contribution in [-0.2, 0) is 28.4 Å². The lowest BCUT2D eigenvalue weighted by atomic mass is 10.0. The molecule has 6 aromatic carbocycles. The van der Waals surface area contributed by atoms with Gasteiger partial charge in [0, 0.05) is 0 Å². The Morgan fingerprint density at radius 2 is 0.470 bits per heavy atom. The fourth-order valence-corrected chi connectivity index (χ4v) is 6.52. The molecule has 0 bridgehead atoms. The largest absolute Gasteiger partial charge is 0.458 e. The first-order chi connectivity index (χ1) is 31.6. The molecule has 0 aromatic heterocycles. The van der Waals surface area contributed by atoms with Crippen LogP contribution in [0.1, 0.15) is 95.5 Å². The van der Waals surface area contributed by atoms with Crippen molar-refractivity contribution >= 4 is 35.8 Å². The number of carbonyl (C=O) groups excluding carboxylic acids is 6. The van der Waals surface area contributed by atoms with E-state index in [1.807, 2.05) is 41.5 Å². The lowest BCUT2D eigenvalue weighted by Crippen LogP contribution is -2.54. The summed E-state index contributed by atoms with van der Waals surface area (Å²) in [5.41, 5.74) is 5.71. The van der Waals surface area contributed by atoms with E-state index < -0.39 is 73.4 Å². The van der Waals surface area contributed by atoms with Crippen molar-refractivity contribution in [2.75, 3.05) is 13.2 Å². The van der Waals surface area contributed by atoms with Crippen LogP contribution in [0, 0.1) is 41.5 Å². The molecule has 0 saturated carbocycles. The van der Waals surface area contributed by atoms with Gasteiger partial charge < -0.3 is 28.4 Å². The van der Waals surface area contributed by atoms with E-state index in [0.717, 1.165) is 33.4 Å². The highest BCUT2D eigenvalue weighted by molar-refractivity contribution is 5.93. The minimum Gasteiger partial charge on any atom is -0.458 e. The third-order valence-electron chi connectivity index (χ3n) is 10.5. The number of carbonyl (C=O) groups is 6.